The summed E-state index contributed by atoms with van der Waals surface area (Å²) in [5.41, 5.74) is 4.33. The molecule has 26 heavy (non-hydrogen) atoms. The maximum atomic E-state index is 5.26. The van der Waals surface area contributed by atoms with E-state index in [1.54, 1.807) is 7.11 Å². The predicted molar refractivity (Wildman–Crippen MR) is 101 cm³/mol. The van der Waals surface area contributed by atoms with Crippen molar-refractivity contribution in [1.82, 2.24) is 20.2 Å². The minimum Gasteiger partial charge on any atom is -0.497 e. The van der Waals surface area contributed by atoms with Crippen LogP contribution in [0.5, 0.6) is 5.75 Å². The second kappa shape index (κ2) is 7.19. The fraction of sp³-hybridized carbons (Fsp3) is 0.0952. The molecule has 0 atom stereocenters. The van der Waals surface area contributed by atoms with Crippen molar-refractivity contribution in [2.24, 2.45) is 0 Å². The fourth-order valence-corrected chi connectivity index (χ4v) is 2.96. The van der Waals surface area contributed by atoms with E-state index >= 15 is 0 Å². The Morgan fingerprint density at radius 1 is 0.808 bits per heavy atom. The lowest BCUT2D eigenvalue weighted by Gasteiger charge is -2.11. The first-order valence-corrected chi connectivity index (χ1v) is 8.39. The third kappa shape index (κ3) is 3.19. The van der Waals surface area contributed by atoms with Gasteiger partial charge in [-0.05, 0) is 39.2 Å². The quantitative estimate of drug-likeness (QED) is 0.549. The smallest absolute Gasteiger partial charge is 0.182 e. The van der Waals surface area contributed by atoms with E-state index < -0.39 is 0 Å². The van der Waals surface area contributed by atoms with Crippen LogP contribution in [0.15, 0.2) is 78.9 Å². The van der Waals surface area contributed by atoms with Crippen LogP contribution in [-0.4, -0.2) is 27.3 Å². The summed E-state index contributed by atoms with van der Waals surface area (Å²) in [6, 6.07) is 26.3. The van der Waals surface area contributed by atoms with Gasteiger partial charge in [0.15, 0.2) is 5.82 Å². The van der Waals surface area contributed by atoms with Crippen molar-refractivity contribution in [3.63, 3.8) is 0 Å². The summed E-state index contributed by atoms with van der Waals surface area (Å²) in [7, 11) is 1.67. The van der Waals surface area contributed by atoms with E-state index in [4.69, 9.17) is 4.74 Å². The van der Waals surface area contributed by atoms with Crippen LogP contribution in [0.3, 0.4) is 0 Å². The van der Waals surface area contributed by atoms with Gasteiger partial charge < -0.3 is 4.74 Å². The van der Waals surface area contributed by atoms with Crippen molar-refractivity contribution in [3.05, 3.63) is 84.4 Å². The first-order valence-electron chi connectivity index (χ1n) is 8.39. The molecule has 128 valence electrons. The summed E-state index contributed by atoms with van der Waals surface area (Å²) in [6.07, 6.45) is 0. The van der Waals surface area contributed by atoms with Gasteiger partial charge in [-0.25, -0.2) is 4.68 Å². The molecule has 3 aromatic carbocycles. The molecule has 4 aromatic rings. The molecule has 0 aliphatic heterocycles. The number of aromatic nitrogens is 4. The number of ether oxygens (including phenoxy) is 1. The SMILES string of the molecule is COc1ccc(-c2ccccc2-c2nnnn2Cc2ccccc2)cc1. The Hall–Kier alpha value is -3.47. The molecule has 0 spiro atoms. The van der Waals surface area contributed by atoms with E-state index in [2.05, 4.69) is 33.7 Å². The molecule has 0 aliphatic carbocycles. The summed E-state index contributed by atoms with van der Waals surface area (Å²) < 4.78 is 7.09. The highest BCUT2D eigenvalue weighted by Gasteiger charge is 2.14. The van der Waals surface area contributed by atoms with Crippen LogP contribution in [-0.2, 0) is 6.54 Å². The van der Waals surface area contributed by atoms with Gasteiger partial charge in [0.2, 0.25) is 0 Å². The zero-order valence-corrected chi connectivity index (χ0v) is 14.4. The predicted octanol–water partition coefficient (Wildman–Crippen LogP) is 4.06. The number of hydrogen-bond acceptors (Lipinski definition) is 4. The van der Waals surface area contributed by atoms with E-state index in [9.17, 15) is 0 Å². The fourth-order valence-electron chi connectivity index (χ4n) is 2.96. The molecule has 5 nitrogen and oxygen atoms in total. The molecule has 0 amide bonds. The third-order valence-corrected chi connectivity index (χ3v) is 4.28. The van der Waals surface area contributed by atoms with Crippen molar-refractivity contribution >= 4 is 0 Å². The molecule has 0 N–H and O–H groups in total. The molecule has 0 aliphatic rings. The van der Waals surface area contributed by atoms with Crippen LogP contribution >= 0.6 is 0 Å². The Morgan fingerprint density at radius 2 is 1.50 bits per heavy atom. The summed E-state index contributed by atoms with van der Waals surface area (Å²) in [4.78, 5) is 0. The van der Waals surface area contributed by atoms with E-state index in [0.717, 1.165) is 33.8 Å². The number of rotatable bonds is 5. The largest absolute Gasteiger partial charge is 0.497 e. The molecule has 0 bridgehead atoms. The molecule has 4 rings (SSSR count). The van der Waals surface area contributed by atoms with Crippen LogP contribution in [0.1, 0.15) is 5.56 Å². The van der Waals surface area contributed by atoms with Gasteiger partial charge in [0.05, 0.1) is 13.7 Å². The van der Waals surface area contributed by atoms with E-state index in [-0.39, 0.29) is 0 Å². The van der Waals surface area contributed by atoms with Crippen LogP contribution in [0.25, 0.3) is 22.5 Å². The lowest BCUT2D eigenvalue weighted by atomic mass is 9.99. The second-order valence-corrected chi connectivity index (χ2v) is 5.92. The van der Waals surface area contributed by atoms with Crippen molar-refractivity contribution < 1.29 is 4.74 Å². The average molecular weight is 342 g/mol. The molecule has 1 aromatic heterocycles. The zero-order valence-electron chi connectivity index (χ0n) is 14.4. The summed E-state index contributed by atoms with van der Waals surface area (Å²) in [5, 5.41) is 12.4. The molecular formula is C21H18N4O. The number of methoxy groups -OCH3 is 1. The minimum absolute atomic E-state index is 0.625. The highest BCUT2D eigenvalue weighted by atomic mass is 16.5. The lowest BCUT2D eigenvalue weighted by Crippen LogP contribution is -2.04. The summed E-state index contributed by atoms with van der Waals surface area (Å²) in [6.45, 7) is 0.625. The van der Waals surface area contributed by atoms with E-state index in [0.29, 0.717) is 6.54 Å². The normalized spacial score (nSPS) is 10.7. The van der Waals surface area contributed by atoms with Gasteiger partial charge in [-0.2, -0.15) is 0 Å². The molecule has 1 heterocycles. The highest BCUT2D eigenvalue weighted by Crippen LogP contribution is 2.31. The maximum Gasteiger partial charge on any atom is 0.182 e. The molecule has 0 saturated carbocycles. The topological polar surface area (TPSA) is 52.8 Å². The number of hydrogen-bond donors (Lipinski definition) is 0. The molecule has 0 saturated heterocycles. The first kappa shape index (κ1) is 16.0. The summed E-state index contributed by atoms with van der Waals surface area (Å²) >= 11 is 0. The van der Waals surface area contributed by atoms with Crippen LogP contribution in [0.2, 0.25) is 0 Å². The molecule has 0 radical (unpaired) electrons. The Balaban J connectivity index is 1.74. The first-order chi connectivity index (χ1) is 12.8. The monoisotopic (exact) mass is 342 g/mol. The molecule has 5 heteroatoms. The van der Waals surface area contributed by atoms with Crippen LogP contribution < -0.4 is 4.74 Å². The van der Waals surface area contributed by atoms with Gasteiger partial charge in [-0.3, -0.25) is 0 Å². The molecular weight excluding hydrogens is 324 g/mol. The third-order valence-electron chi connectivity index (χ3n) is 4.28. The number of benzene rings is 3. The van der Waals surface area contributed by atoms with Gasteiger partial charge in [-0.15, -0.1) is 5.10 Å². The van der Waals surface area contributed by atoms with Gasteiger partial charge >= 0.3 is 0 Å². The number of nitrogens with zero attached hydrogens (tertiary/aromatic N) is 4. The second-order valence-electron chi connectivity index (χ2n) is 5.92. The standard InChI is InChI=1S/C21H18N4O/c1-26-18-13-11-17(12-14-18)19-9-5-6-10-20(19)21-22-23-24-25(21)15-16-7-3-2-4-8-16/h2-14H,15H2,1H3. The Labute approximate surface area is 151 Å². The van der Waals surface area contributed by atoms with Crippen molar-refractivity contribution in [3.8, 4) is 28.3 Å². The van der Waals surface area contributed by atoms with E-state index in [1.165, 1.54) is 0 Å². The summed E-state index contributed by atoms with van der Waals surface area (Å²) in [5.74, 6) is 1.58. The minimum atomic E-state index is 0.625. The average Bonchev–Trinajstić information content (AvgIpc) is 3.17. The highest BCUT2D eigenvalue weighted by molar-refractivity contribution is 5.80. The van der Waals surface area contributed by atoms with Crippen molar-refractivity contribution in [2.75, 3.05) is 7.11 Å². The van der Waals surface area contributed by atoms with Crippen LogP contribution in [0.4, 0.5) is 0 Å². The van der Waals surface area contributed by atoms with Gasteiger partial charge in [0.25, 0.3) is 0 Å². The van der Waals surface area contributed by atoms with Crippen molar-refractivity contribution in [1.29, 1.82) is 0 Å². The lowest BCUT2D eigenvalue weighted by molar-refractivity contribution is 0.415. The zero-order chi connectivity index (χ0) is 17.8. The van der Waals surface area contributed by atoms with E-state index in [1.807, 2.05) is 65.3 Å². The Bertz CT molecular complexity index is 994. The maximum absolute atomic E-state index is 5.26. The number of tetrazole rings is 1. The van der Waals surface area contributed by atoms with Gasteiger partial charge in [0.1, 0.15) is 5.75 Å². The Morgan fingerprint density at radius 3 is 2.23 bits per heavy atom. The van der Waals surface area contributed by atoms with Gasteiger partial charge in [-0.1, -0.05) is 66.7 Å². The Kier molecular flexibility index (Phi) is 4.43. The van der Waals surface area contributed by atoms with Gasteiger partial charge in [0, 0.05) is 5.56 Å². The molecule has 0 fully saturated rings. The van der Waals surface area contributed by atoms with Crippen molar-refractivity contribution in [2.45, 2.75) is 6.54 Å². The van der Waals surface area contributed by atoms with Crippen LogP contribution in [0, 0.1) is 0 Å². The molecule has 0 unspecified atom stereocenters.